The molecule has 0 unspecified atom stereocenters. The van der Waals surface area contributed by atoms with Crippen molar-refractivity contribution in [3.05, 3.63) is 108 Å². The molecule has 1 atom stereocenters. The van der Waals surface area contributed by atoms with Crippen LogP contribution in [0.15, 0.2) is 91.0 Å². The van der Waals surface area contributed by atoms with Crippen LogP contribution in [0.4, 0.5) is 0 Å². The Morgan fingerprint density at radius 2 is 1.36 bits per heavy atom. The molecule has 0 aromatic heterocycles. The molecular formula is C36H46N4O2. The molecule has 3 N–H and O–H groups in total. The highest BCUT2D eigenvalue weighted by Gasteiger charge is 2.44. The first-order valence-electron chi connectivity index (χ1n) is 15.7. The summed E-state index contributed by atoms with van der Waals surface area (Å²) in [7, 11) is 2.10. The molecule has 1 saturated heterocycles. The molecule has 1 aliphatic heterocycles. The van der Waals surface area contributed by atoms with E-state index in [0.29, 0.717) is 25.8 Å². The maximum atomic E-state index is 14.1. The molecule has 1 heterocycles. The van der Waals surface area contributed by atoms with E-state index in [-0.39, 0.29) is 23.8 Å². The third kappa shape index (κ3) is 7.87. The summed E-state index contributed by atoms with van der Waals surface area (Å²) in [6.07, 6.45) is 7.52. The predicted octanol–water partition coefficient (Wildman–Crippen LogP) is 5.05. The van der Waals surface area contributed by atoms with Crippen LogP contribution in [0.3, 0.4) is 0 Å². The molecule has 0 spiro atoms. The van der Waals surface area contributed by atoms with E-state index >= 15 is 0 Å². The third-order valence-electron chi connectivity index (χ3n) is 9.15. The van der Waals surface area contributed by atoms with Gasteiger partial charge >= 0.3 is 0 Å². The van der Waals surface area contributed by atoms with Gasteiger partial charge in [0.1, 0.15) is 5.54 Å². The molecule has 2 amide bonds. The number of carbonyl (C=O) groups is 2. The summed E-state index contributed by atoms with van der Waals surface area (Å²) < 4.78 is 0. The van der Waals surface area contributed by atoms with Crippen molar-refractivity contribution in [3.8, 4) is 0 Å². The van der Waals surface area contributed by atoms with E-state index < -0.39 is 11.6 Å². The van der Waals surface area contributed by atoms with Crippen molar-refractivity contribution in [1.82, 2.24) is 20.9 Å². The zero-order valence-corrected chi connectivity index (χ0v) is 24.9. The van der Waals surface area contributed by atoms with E-state index in [0.717, 1.165) is 55.5 Å². The molecule has 3 aromatic rings. The predicted molar refractivity (Wildman–Crippen MR) is 169 cm³/mol. The molecule has 0 bridgehead atoms. The Morgan fingerprint density at radius 3 is 1.93 bits per heavy atom. The van der Waals surface area contributed by atoms with Gasteiger partial charge in [-0.25, -0.2) is 0 Å². The fourth-order valence-corrected chi connectivity index (χ4v) is 6.52. The first-order valence-corrected chi connectivity index (χ1v) is 15.7. The SMILES string of the molecule is CN1CCC(N[C@@H](Cc2ccccc2)C(=O)NCC(c2ccccc2)c2ccccc2)(C(=O)NC2CCCCC2)CC1. The van der Waals surface area contributed by atoms with E-state index in [9.17, 15) is 9.59 Å². The van der Waals surface area contributed by atoms with Crippen molar-refractivity contribution in [2.45, 2.75) is 74.9 Å². The van der Waals surface area contributed by atoms with Gasteiger partial charge in [-0.05, 0) is 55.8 Å². The van der Waals surface area contributed by atoms with Gasteiger partial charge in [-0.3, -0.25) is 14.9 Å². The molecule has 0 radical (unpaired) electrons. The molecule has 3 aromatic carbocycles. The maximum Gasteiger partial charge on any atom is 0.240 e. The molecule has 1 saturated carbocycles. The topological polar surface area (TPSA) is 73.5 Å². The lowest BCUT2D eigenvalue weighted by molar-refractivity contribution is -0.132. The number of nitrogens with one attached hydrogen (secondary N) is 3. The molecule has 2 fully saturated rings. The number of carbonyl (C=O) groups excluding carboxylic acids is 2. The minimum absolute atomic E-state index is 0.0283. The summed E-state index contributed by atoms with van der Waals surface area (Å²) in [5.74, 6) is 0.0138. The number of amides is 2. The summed E-state index contributed by atoms with van der Waals surface area (Å²) in [5.41, 5.74) is 2.62. The van der Waals surface area contributed by atoms with Crippen molar-refractivity contribution < 1.29 is 9.59 Å². The Bertz CT molecular complexity index is 1210. The summed E-state index contributed by atoms with van der Waals surface area (Å²) in [5, 5.41) is 10.4. The Morgan fingerprint density at radius 1 is 0.810 bits per heavy atom. The molecule has 5 rings (SSSR count). The Labute approximate surface area is 251 Å². The lowest BCUT2D eigenvalue weighted by Crippen LogP contribution is -2.67. The summed E-state index contributed by atoms with van der Waals surface area (Å²) in [4.78, 5) is 30.4. The average molecular weight is 567 g/mol. The number of likely N-dealkylation sites (tertiary alicyclic amines) is 1. The van der Waals surface area contributed by atoms with Crippen LogP contribution in [-0.4, -0.2) is 61.0 Å². The van der Waals surface area contributed by atoms with Crippen molar-refractivity contribution in [3.63, 3.8) is 0 Å². The van der Waals surface area contributed by atoms with Crippen LogP contribution in [0.25, 0.3) is 0 Å². The lowest BCUT2D eigenvalue weighted by atomic mass is 9.84. The minimum Gasteiger partial charge on any atom is -0.354 e. The highest BCUT2D eigenvalue weighted by Crippen LogP contribution is 2.27. The fourth-order valence-electron chi connectivity index (χ4n) is 6.52. The monoisotopic (exact) mass is 566 g/mol. The second-order valence-corrected chi connectivity index (χ2v) is 12.2. The van der Waals surface area contributed by atoms with Gasteiger partial charge in [0.2, 0.25) is 11.8 Å². The van der Waals surface area contributed by atoms with E-state index in [2.05, 4.69) is 64.3 Å². The van der Waals surface area contributed by atoms with Crippen LogP contribution >= 0.6 is 0 Å². The van der Waals surface area contributed by atoms with Gasteiger partial charge < -0.3 is 15.5 Å². The number of hydrogen-bond acceptors (Lipinski definition) is 4. The number of hydrogen-bond donors (Lipinski definition) is 3. The molecule has 6 heteroatoms. The van der Waals surface area contributed by atoms with Crippen LogP contribution in [-0.2, 0) is 16.0 Å². The van der Waals surface area contributed by atoms with E-state index in [1.807, 2.05) is 54.6 Å². The third-order valence-corrected chi connectivity index (χ3v) is 9.15. The standard InChI is InChI=1S/C36H46N4O2/c1-40-24-22-36(23-25-40,35(42)38-31-20-12-5-13-21-31)39-33(26-28-14-6-2-7-15-28)34(41)37-27-32(29-16-8-3-9-17-29)30-18-10-4-11-19-30/h2-4,6-11,14-19,31-33,39H,5,12-13,20-27H2,1H3,(H,37,41)(H,38,42)/t33-/m0/s1. The van der Waals surface area contributed by atoms with Gasteiger partial charge in [-0.1, -0.05) is 110 Å². The van der Waals surface area contributed by atoms with E-state index in [4.69, 9.17) is 0 Å². The quantitative estimate of drug-likeness (QED) is 0.304. The summed E-state index contributed by atoms with van der Waals surface area (Å²) >= 11 is 0. The van der Waals surface area contributed by atoms with Crippen LogP contribution in [0.1, 0.15) is 67.6 Å². The molecular weight excluding hydrogens is 520 g/mol. The molecule has 2 aliphatic rings. The van der Waals surface area contributed by atoms with E-state index in [1.54, 1.807) is 0 Å². The number of nitrogens with zero attached hydrogens (tertiary/aromatic N) is 1. The summed E-state index contributed by atoms with van der Waals surface area (Å²) in [6.45, 7) is 2.10. The zero-order valence-electron chi connectivity index (χ0n) is 24.9. The van der Waals surface area contributed by atoms with Crippen molar-refractivity contribution in [1.29, 1.82) is 0 Å². The summed E-state index contributed by atoms with van der Waals surface area (Å²) in [6, 6.07) is 30.5. The van der Waals surface area contributed by atoms with Crippen LogP contribution < -0.4 is 16.0 Å². The lowest BCUT2D eigenvalue weighted by Gasteiger charge is -2.43. The smallest absolute Gasteiger partial charge is 0.240 e. The molecule has 222 valence electrons. The van der Waals surface area contributed by atoms with Gasteiger partial charge in [-0.2, -0.15) is 0 Å². The van der Waals surface area contributed by atoms with Crippen molar-refractivity contribution in [2.75, 3.05) is 26.7 Å². The van der Waals surface area contributed by atoms with Gasteiger partial charge in [0, 0.05) is 31.6 Å². The first kappa shape index (κ1) is 30.0. The minimum atomic E-state index is -0.779. The van der Waals surface area contributed by atoms with Crippen LogP contribution in [0.2, 0.25) is 0 Å². The van der Waals surface area contributed by atoms with Crippen LogP contribution in [0, 0.1) is 0 Å². The van der Waals surface area contributed by atoms with Gasteiger partial charge in [0.15, 0.2) is 0 Å². The van der Waals surface area contributed by atoms with Crippen LogP contribution in [0.5, 0.6) is 0 Å². The zero-order chi connectivity index (χ0) is 29.2. The first-order chi connectivity index (χ1) is 20.5. The van der Waals surface area contributed by atoms with Gasteiger partial charge in [0.05, 0.1) is 6.04 Å². The van der Waals surface area contributed by atoms with Gasteiger partial charge in [0.25, 0.3) is 0 Å². The Kier molecular flexibility index (Phi) is 10.4. The van der Waals surface area contributed by atoms with E-state index in [1.165, 1.54) is 6.42 Å². The Hall–Kier alpha value is -3.48. The second kappa shape index (κ2) is 14.6. The highest BCUT2D eigenvalue weighted by molar-refractivity contribution is 5.89. The number of rotatable bonds is 11. The average Bonchev–Trinajstić information content (AvgIpc) is 3.04. The normalized spacial score (nSPS) is 18.3. The Balaban J connectivity index is 1.37. The maximum absolute atomic E-state index is 14.1. The second-order valence-electron chi connectivity index (χ2n) is 12.2. The molecule has 1 aliphatic carbocycles. The van der Waals surface area contributed by atoms with Gasteiger partial charge in [-0.15, -0.1) is 0 Å². The van der Waals surface area contributed by atoms with Crippen molar-refractivity contribution in [2.24, 2.45) is 0 Å². The number of piperidine rings is 1. The largest absolute Gasteiger partial charge is 0.354 e. The molecule has 6 nitrogen and oxygen atoms in total. The van der Waals surface area contributed by atoms with Crippen molar-refractivity contribution >= 4 is 11.8 Å². The fraction of sp³-hybridized carbons (Fsp3) is 0.444. The number of benzene rings is 3. The molecule has 42 heavy (non-hydrogen) atoms. The highest BCUT2D eigenvalue weighted by atomic mass is 16.2.